The van der Waals surface area contributed by atoms with Crippen molar-refractivity contribution in [1.82, 2.24) is 0 Å². The molecule has 0 unspecified atom stereocenters. The zero-order valence-corrected chi connectivity index (χ0v) is 9.62. The first-order valence-corrected chi connectivity index (χ1v) is 6.03. The summed E-state index contributed by atoms with van der Waals surface area (Å²) in [5, 5.41) is 0. The lowest BCUT2D eigenvalue weighted by atomic mass is 9.99. The fourth-order valence-electron chi connectivity index (χ4n) is 2.72. The highest BCUT2D eigenvalue weighted by molar-refractivity contribution is 14.1. The standard InChI is InChI=1S/C10H13IO2/c11-9-5-8-4-7(9)6-10(8)12-2-1-3-13-10/h5,7-8H,1-4,6H2/t7-,8-/m0/s1. The fraction of sp³-hybridized carbons (Fsp3) is 0.800. The van der Waals surface area contributed by atoms with Crippen molar-refractivity contribution in [3.63, 3.8) is 0 Å². The largest absolute Gasteiger partial charge is 0.349 e. The lowest BCUT2D eigenvalue weighted by Gasteiger charge is -2.39. The van der Waals surface area contributed by atoms with E-state index < -0.39 is 0 Å². The second-order valence-electron chi connectivity index (χ2n) is 4.16. The van der Waals surface area contributed by atoms with E-state index in [1.165, 1.54) is 10.0 Å². The molecule has 0 N–H and O–H groups in total. The Morgan fingerprint density at radius 3 is 2.69 bits per heavy atom. The molecule has 2 atom stereocenters. The van der Waals surface area contributed by atoms with Crippen LogP contribution in [0, 0.1) is 11.8 Å². The lowest BCUT2D eigenvalue weighted by Crippen LogP contribution is -2.44. The van der Waals surface area contributed by atoms with E-state index in [0.717, 1.165) is 32.0 Å². The van der Waals surface area contributed by atoms with Gasteiger partial charge in [-0.2, -0.15) is 0 Å². The summed E-state index contributed by atoms with van der Waals surface area (Å²) in [5.74, 6) is 1.05. The minimum Gasteiger partial charge on any atom is -0.349 e. The van der Waals surface area contributed by atoms with Gasteiger partial charge in [0.2, 0.25) is 0 Å². The number of rotatable bonds is 0. The van der Waals surface area contributed by atoms with Crippen LogP contribution in [0.15, 0.2) is 9.66 Å². The summed E-state index contributed by atoms with van der Waals surface area (Å²) in [6.45, 7) is 1.77. The van der Waals surface area contributed by atoms with E-state index in [4.69, 9.17) is 9.47 Å². The van der Waals surface area contributed by atoms with Crippen molar-refractivity contribution in [2.75, 3.05) is 13.2 Å². The molecule has 1 heterocycles. The first-order valence-electron chi connectivity index (χ1n) is 4.95. The Kier molecular flexibility index (Phi) is 1.96. The van der Waals surface area contributed by atoms with Gasteiger partial charge in [-0.1, -0.05) is 6.08 Å². The summed E-state index contributed by atoms with van der Waals surface area (Å²) in [7, 11) is 0. The molecule has 0 aromatic carbocycles. The van der Waals surface area contributed by atoms with Crippen LogP contribution in [-0.2, 0) is 9.47 Å². The van der Waals surface area contributed by atoms with Gasteiger partial charge in [-0.25, -0.2) is 0 Å². The van der Waals surface area contributed by atoms with Crippen LogP contribution in [0.25, 0.3) is 0 Å². The van der Waals surface area contributed by atoms with Gasteiger partial charge in [0.25, 0.3) is 0 Å². The van der Waals surface area contributed by atoms with Crippen molar-refractivity contribution in [3.8, 4) is 0 Å². The normalized spacial score (nSPS) is 41.2. The maximum Gasteiger partial charge on any atom is 0.175 e. The number of hydrogen-bond donors (Lipinski definition) is 0. The first-order chi connectivity index (χ1) is 6.30. The molecule has 2 fully saturated rings. The Morgan fingerprint density at radius 2 is 2.15 bits per heavy atom. The Balaban J connectivity index is 1.87. The topological polar surface area (TPSA) is 18.5 Å². The van der Waals surface area contributed by atoms with Crippen LogP contribution in [0.2, 0.25) is 0 Å². The molecule has 1 saturated heterocycles. The fourth-order valence-corrected chi connectivity index (χ4v) is 3.63. The van der Waals surface area contributed by atoms with Gasteiger partial charge in [-0.15, -0.1) is 0 Å². The molecule has 3 rings (SSSR count). The molecule has 3 heteroatoms. The van der Waals surface area contributed by atoms with Crippen molar-refractivity contribution in [3.05, 3.63) is 9.66 Å². The maximum absolute atomic E-state index is 5.84. The summed E-state index contributed by atoms with van der Waals surface area (Å²) in [5.41, 5.74) is 0. The summed E-state index contributed by atoms with van der Waals surface area (Å²) in [6.07, 6.45) is 5.74. The zero-order chi connectivity index (χ0) is 8.89. The molecular formula is C10H13IO2. The van der Waals surface area contributed by atoms with E-state index in [1.54, 1.807) is 0 Å². The van der Waals surface area contributed by atoms with Gasteiger partial charge in [0.05, 0.1) is 13.2 Å². The quantitative estimate of drug-likeness (QED) is 0.639. The highest BCUT2D eigenvalue weighted by Gasteiger charge is 2.53. The van der Waals surface area contributed by atoms with Crippen LogP contribution in [-0.4, -0.2) is 19.0 Å². The van der Waals surface area contributed by atoms with E-state index in [9.17, 15) is 0 Å². The van der Waals surface area contributed by atoms with Gasteiger partial charge in [0.1, 0.15) is 0 Å². The third-order valence-electron chi connectivity index (χ3n) is 3.37. The minimum atomic E-state index is -0.211. The predicted molar refractivity (Wildman–Crippen MR) is 57.6 cm³/mol. The predicted octanol–water partition coefficient (Wildman–Crippen LogP) is 2.48. The highest BCUT2D eigenvalue weighted by Crippen LogP contribution is 2.54. The number of hydrogen-bond acceptors (Lipinski definition) is 2. The van der Waals surface area contributed by atoms with Crippen molar-refractivity contribution >= 4 is 22.6 Å². The molecule has 3 aliphatic rings. The van der Waals surface area contributed by atoms with E-state index in [-0.39, 0.29) is 5.79 Å². The summed E-state index contributed by atoms with van der Waals surface area (Å²) < 4.78 is 13.2. The van der Waals surface area contributed by atoms with Crippen LogP contribution in [0.4, 0.5) is 0 Å². The SMILES string of the molecule is IC1=C[C@@H]2C[C@H]1CC21OCCCO1. The minimum absolute atomic E-state index is 0.211. The van der Waals surface area contributed by atoms with Gasteiger partial charge in [-0.05, 0) is 44.9 Å². The molecule has 0 aromatic heterocycles. The van der Waals surface area contributed by atoms with Crippen molar-refractivity contribution in [2.45, 2.75) is 25.0 Å². The third kappa shape index (κ3) is 1.20. The van der Waals surface area contributed by atoms with E-state index in [1.807, 2.05) is 0 Å². The second kappa shape index (κ2) is 2.94. The van der Waals surface area contributed by atoms with Gasteiger partial charge in [0.15, 0.2) is 5.79 Å². The van der Waals surface area contributed by atoms with E-state index >= 15 is 0 Å². The van der Waals surface area contributed by atoms with Crippen LogP contribution in [0.1, 0.15) is 19.3 Å². The van der Waals surface area contributed by atoms with Gasteiger partial charge >= 0.3 is 0 Å². The first kappa shape index (κ1) is 8.68. The van der Waals surface area contributed by atoms with Crippen molar-refractivity contribution in [2.24, 2.45) is 11.8 Å². The molecule has 0 radical (unpaired) electrons. The summed E-state index contributed by atoms with van der Waals surface area (Å²) in [4.78, 5) is 0. The molecule has 2 aliphatic carbocycles. The average Bonchev–Trinajstić information content (AvgIpc) is 2.63. The summed E-state index contributed by atoms with van der Waals surface area (Å²) >= 11 is 2.45. The molecule has 1 spiro atoms. The Labute approximate surface area is 91.8 Å². The van der Waals surface area contributed by atoms with Crippen LogP contribution >= 0.6 is 22.6 Å². The maximum atomic E-state index is 5.84. The Hall–Kier alpha value is 0.390. The average molecular weight is 292 g/mol. The van der Waals surface area contributed by atoms with Gasteiger partial charge < -0.3 is 9.47 Å². The van der Waals surface area contributed by atoms with Gasteiger partial charge in [-0.3, -0.25) is 0 Å². The number of fused-ring (bicyclic) bond motifs is 3. The van der Waals surface area contributed by atoms with Crippen LogP contribution in [0.3, 0.4) is 0 Å². The molecular weight excluding hydrogens is 279 g/mol. The van der Waals surface area contributed by atoms with E-state index in [2.05, 4.69) is 28.7 Å². The van der Waals surface area contributed by atoms with Crippen molar-refractivity contribution in [1.29, 1.82) is 0 Å². The molecule has 0 amide bonds. The van der Waals surface area contributed by atoms with Gasteiger partial charge in [0, 0.05) is 12.3 Å². The van der Waals surface area contributed by atoms with E-state index in [0.29, 0.717) is 5.92 Å². The zero-order valence-electron chi connectivity index (χ0n) is 7.46. The Bertz CT molecular complexity index is 256. The molecule has 13 heavy (non-hydrogen) atoms. The van der Waals surface area contributed by atoms with Crippen LogP contribution in [0.5, 0.6) is 0 Å². The highest BCUT2D eigenvalue weighted by atomic mass is 127. The van der Waals surface area contributed by atoms with Crippen molar-refractivity contribution < 1.29 is 9.47 Å². The molecule has 1 aliphatic heterocycles. The lowest BCUT2D eigenvalue weighted by molar-refractivity contribution is -0.279. The Morgan fingerprint density at radius 1 is 1.38 bits per heavy atom. The molecule has 72 valence electrons. The number of halogens is 1. The number of allylic oxidation sites excluding steroid dienone is 1. The van der Waals surface area contributed by atoms with Crippen LogP contribution < -0.4 is 0 Å². The number of ether oxygens (including phenoxy) is 2. The molecule has 1 saturated carbocycles. The molecule has 2 nitrogen and oxygen atoms in total. The molecule has 0 aromatic rings. The molecule has 2 bridgehead atoms. The summed E-state index contributed by atoms with van der Waals surface area (Å²) in [6, 6.07) is 0. The third-order valence-corrected chi connectivity index (χ3v) is 4.61. The second-order valence-corrected chi connectivity index (χ2v) is 5.40. The monoisotopic (exact) mass is 292 g/mol. The smallest absolute Gasteiger partial charge is 0.175 e.